The minimum absolute atomic E-state index is 0.523. The summed E-state index contributed by atoms with van der Waals surface area (Å²) in [6.45, 7) is 0. The molecular formula is C9H10N5O8P-2. The van der Waals surface area contributed by atoms with Gasteiger partial charge >= 0.3 is 5.69 Å². The molecule has 0 unspecified atom stereocenters. The van der Waals surface area contributed by atoms with Crippen molar-refractivity contribution in [3.05, 3.63) is 37.3 Å². The van der Waals surface area contributed by atoms with Crippen LogP contribution in [0.1, 0.15) is 6.23 Å². The molecule has 126 valence electrons. The first-order chi connectivity index (χ1) is 10.6. The molecule has 0 saturated carbocycles. The maximum Gasteiger partial charge on any atom is 0.330 e. The zero-order valence-electron chi connectivity index (χ0n) is 11.2. The summed E-state index contributed by atoms with van der Waals surface area (Å²) in [6.07, 6.45) is -7.95. The van der Waals surface area contributed by atoms with Crippen molar-refractivity contribution in [2.75, 3.05) is 6.16 Å². The Kier molecular flexibility index (Phi) is 4.73. The SMILES string of the molecule is [N-]=[N+]=Nc1cc(=O)[nH]c(=O)n1[C@@H]1O[C@H](CP(=O)([O-])[O-])[C@@H](O)[C@H]1O. The van der Waals surface area contributed by atoms with E-state index >= 15 is 0 Å². The molecule has 13 nitrogen and oxygen atoms in total. The summed E-state index contributed by atoms with van der Waals surface area (Å²) in [5, 5.41) is 22.8. The van der Waals surface area contributed by atoms with Crippen LogP contribution >= 0.6 is 7.60 Å². The van der Waals surface area contributed by atoms with Crippen LogP contribution in [0.4, 0.5) is 5.82 Å². The number of azide groups is 1. The molecule has 14 heteroatoms. The van der Waals surface area contributed by atoms with Gasteiger partial charge in [0.15, 0.2) is 6.23 Å². The lowest BCUT2D eigenvalue weighted by Gasteiger charge is -2.32. The van der Waals surface area contributed by atoms with Crippen LogP contribution in [0.25, 0.3) is 10.4 Å². The maximum atomic E-state index is 11.8. The van der Waals surface area contributed by atoms with Crippen molar-refractivity contribution >= 4 is 13.4 Å². The number of nitrogens with zero attached hydrogens (tertiary/aromatic N) is 4. The summed E-state index contributed by atoms with van der Waals surface area (Å²) >= 11 is 0. The van der Waals surface area contributed by atoms with Crippen LogP contribution in [-0.2, 0) is 9.30 Å². The molecule has 1 aliphatic heterocycles. The summed E-state index contributed by atoms with van der Waals surface area (Å²) in [7, 11) is -5.06. The highest BCUT2D eigenvalue weighted by molar-refractivity contribution is 7.48. The fraction of sp³-hybridized carbons (Fsp3) is 0.556. The third-order valence-corrected chi connectivity index (χ3v) is 3.91. The average molecular weight is 347 g/mol. The van der Waals surface area contributed by atoms with Crippen LogP contribution in [0.3, 0.4) is 0 Å². The molecule has 0 spiro atoms. The Morgan fingerprint density at radius 3 is 2.65 bits per heavy atom. The van der Waals surface area contributed by atoms with Gasteiger partial charge in [-0.05, 0) is 10.6 Å². The number of aromatic nitrogens is 2. The number of hydrogen-bond acceptors (Lipinski definition) is 9. The van der Waals surface area contributed by atoms with Gasteiger partial charge in [0.25, 0.3) is 5.56 Å². The first kappa shape index (κ1) is 17.4. The van der Waals surface area contributed by atoms with Gasteiger partial charge in [0.2, 0.25) is 0 Å². The lowest BCUT2D eigenvalue weighted by molar-refractivity contribution is -0.315. The number of hydrogen-bond donors (Lipinski definition) is 3. The predicted molar refractivity (Wildman–Crippen MR) is 68.5 cm³/mol. The molecule has 1 aromatic rings. The summed E-state index contributed by atoms with van der Waals surface area (Å²) in [4.78, 5) is 48.9. The smallest absolute Gasteiger partial charge is 0.330 e. The number of nitrogens with one attached hydrogen (secondary N) is 1. The molecule has 0 aliphatic carbocycles. The van der Waals surface area contributed by atoms with Crippen LogP contribution < -0.4 is 21.0 Å². The van der Waals surface area contributed by atoms with Gasteiger partial charge in [-0.15, -0.1) is 0 Å². The third-order valence-electron chi connectivity index (χ3n) is 3.10. The van der Waals surface area contributed by atoms with Gasteiger partial charge in [-0.1, -0.05) is 7.60 Å². The number of aliphatic hydroxyl groups is 2. The minimum Gasteiger partial charge on any atom is -0.811 e. The summed E-state index contributed by atoms with van der Waals surface area (Å²) in [6, 6.07) is 0.739. The van der Waals surface area contributed by atoms with E-state index < -0.39 is 55.4 Å². The summed E-state index contributed by atoms with van der Waals surface area (Å²) in [5.74, 6) is -0.523. The van der Waals surface area contributed by atoms with Crippen molar-refractivity contribution in [2.45, 2.75) is 24.5 Å². The van der Waals surface area contributed by atoms with E-state index in [2.05, 4.69) is 10.0 Å². The van der Waals surface area contributed by atoms with E-state index in [-0.39, 0.29) is 0 Å². The molecule has 0 amide bonds. The predicted octanol–water partition coefficient (Wildman–Crippen LogP) is -2.99. The van der Waals surface area contributed by atoms with Gasteiger partial charge in [0.1, 0.15) is 18.0 Å². The standard InChI is InChI=1S/C9H12N5O8P/c10-13-12-4-1-5(15)11-9(18)14(4)8-7(17)6(16)3(22-8)2-23(19,20)21/h1,3,6-8,16-17H,2H2,(H,11,15,18)(H2,19,20,21)/p-2/t3-,6-,7-,8-/m1/s1. The number of H-pyrrole nitrogens is 1. The largest absolute Gasteiger partial charge is 0.811 e. The summed E-state index contributed by atoms with van der Waals surface area (Å²) in [5.41, 5.74) is 6.44. The molecule has 1 aromatic heterocycles. The molecule has 4 atom stereocenters. The number of aromatic amines is 1. The maximum absolute atomic E-state index is 11.8. The first-order valence-electron chi connectivity index (χ1n) is 6.07. The lowest BCUT2D eigenvalue weighted by Crippen LogP contribution is -2.38. The zero-order chi connectivity index (χ0) is 17.4. The quantitative estimate of drug-likeness (QED) is 0.220. The Labute approximate surface area is 126 Å². The molecule has 3 N–H and O–H groups in total. The molecule has 1 fully saturated rings. The Balaban J connectivity index is 2.47. The second kappa shape index (κ2) is 6.26. The van der Waals surface area contributed by atoms with E-state index in [4.69, 9.17) is 10.3 Å². The number of rotatable bonds is 4. The third kappa shape index (κ3) is 3.68. The lowest BCUT2D eigenvalue weighted by atomic mass is 10.1. The molecular weight excluding hydrogens is 337 g/mol. The van der Waals surface area contributed by atoms with Crippen LogP contribution in [-0.4, -0.2) is 44.2 Å². The van der Waals surface area contributed by atoms with Gasteiger partial charge < -0.3 is 29.3 Å². The Hall–Kier alpha value is -1.98. The number of aliphatic hydroxyl groups excluding tert-OH is 2. The van der Waals surface area contributed by atoms with E-state index in [9.17, 15) is 34.2 Å². The normalized spacial score (nSPS) is 27.7. The molecule has 0 aromatic carbocycles. The van der Waals surface area contributed by atoms with Gasteiger partial charge in [0.05, 0.1) is 6.10 Å². The van der Waals surface area contributed by atoms with Crippen molar-refractivity contribution in [1.29, 1.82) is 0 Å². The Morgan fingerprint density at radius 1 is 1.43 bits per heavy atom. The monoisotopic (exact) mass is 347 g/mol. The Morgan fingerprint density at radius 2 is 2.09 bits per heavy atom. The van der Waals surface area contributed by atoms with Crippen molar-refractivity contribution < 1.29 is 29.3 Å². The van der Waals surface area contributed by atoms with Crippen LogP contribution in [0.2, 0.25) is 0 Å². The highest BCUT2D eigenvalue weighted by atomic mass is 31.2. The number of ether oxygens (including phenoxy) is 1. The minimum atomic E-state index is -5.06. The molecule has 2 heterocycles. The van der Waals surface area contributed by atoms with Crippen molar-refractivity contribution in [3.8, 4) is 0 Å². The van der Waals surface area contributed by atoms with E-state index in [0.717, 1.165) is 6.07 Å². The Bertz CT molecular complexity index is 807. The second-order valence-electron chi connectivity index (χ2n) is 4.70. The fourth-order valence-electron chi connectivity index (χ4n) is 2.18. The van der Waals surface area contributed by atoms with E-state index in [1.807, 2.05) is 4.98 Å². The highest BCUT2D eigenvalue weighted by Gasteiger charge is 2.44. The summed E-state index contributed by atoms with van der Waals surface area (Å²) < 4.78 is 16.4. The molecule has 0 radical (unpaired) electrons. The molecule has 23 heavy (non-hydrogen) atoms. The topological polar surface area (TPSA) is 216 Å². The van der Waals surface area contributed by atoms with E-state index in [1.54, 1.807) is 0 Å². The molecule has 0 bridgehead atoms. The fourth-order valence-corrected chi connectivity index (χ4v) is 2.92. The first-order valence-corrected chi connectivity index (χ1v) is 7.80. The van der Waals surface area contributed by atoms with Gasteiger partial charge in [-0.3, -0.25) is 14.3 Å². The second-order valence-corrected chi connectivity index (χ2v) is 6.28. The average Bonchev–Trinajstić information content (AvgIpc) is 2.65. The van der Waals surface area contributed by atoms with Crippen LogP contribution in [0.15, 0.2) is 20.8 Å². The van der Waals surface area contributed by atoms with Crippen molar-refractivity contribution in [1.82, 2.24) is 9.55 Å². The van der Waals surface area contributed by atoms with Crippen molar-refractivity contribution in [3.63, 3.8) is 0 Å². The van der Waals surface area contributed by atoms with Crippen LogP contribution in [0, 0.1) is 0 Å². The van der Waals surface area contributed by atoms with E-state index in [0.29, 0.717) is 4.57 Å². The zero-order valence-corrected chi connectivity index (χ0v) is 12.1. The molecule has 1 aliphatic rings. The van der Waals surface area contributed by atoms with Gasteiger partial charge in [0, 0.05) is 17.1 Å². The highest BCUT2D eigenvalue weighted by Crippen LogP contribution is 2.36. The van der Waals surface area contributed by atoms with E-state index in [1.165, 1.54) is 0 Å². The van der Waals surface area contributed by atoms with Crippen molar-refractivity contribution in [2.24, 2.45) is 5.11 Å². The molecule has 2 rings (SSSR count). The van der Waals surface area contributed by atoms with Gasteiger partial charge in [-0.2, -0.15) is 0 Å². The van der Waals surface area contributed by atoms with Gasteiger partial charge in [-0.25, -0.2) is 4.79 Å². The molecule has 1 saturated heterocycles. The van der Waals surface area contributed by atoms with Crippen LogP contribution in [0.5, 0.6) is 0 Å².